The molecular weight excluding hydrogens is 302 g/mol. The molecule has 0 N–H and O–H groups in total. The molecule has 1 rings (SSSR count). The molecule has 5 nitrogen and oxygen atoms in total. The molecule has 0 atom stereocenters. The van der Waals surface area contributed by atoms with E-state index >= 15 is 0 Å². The lowest BCUT2D eigenvalue weighted by atomic mass is 10.1. The van der Waals surface area contributed by atoms with Gasteiger partial charge in [0, 0.05) is 6.07 Å². The summed E-state index contributed by atoms with van der Waals surface area (Å²) in [5, 5.41) is 10.9. The number of aryl methyl sites for hydroxylation is 1. The molecule has 6 heteroatoms. The van der Waals surface area contributed by atoms with Crippen molar-refractivity contribution in [2.45, 2.75) is 26.7 Å². The van der Waals surface area contributed by atoms with Crippen LogP contribution in [0.1, 0.15) is 36.2 Å². The van der Waals surface area contributed by atoms with Crippen LogP contribution < -0.4 is 0 Å². The number of esters is 1. The highest BCUT2D eigenvalue weighted by Crippen LogP contribution is 2.30. The van der Waals surface area contributed by atoms with Gasteiger partial charge in [0.05, 0.1) is 21.6 Å². The Morgan fingerprint density at radius 3 is 2.61 bits per heavy atom. The molecule has 0 bridgehead atoms. The Kier molecular flexibility index (Phi) is 5.27. The molecule has 0 aliphatic rings. The Balaban J connectivity index is 3.17. The van der Waals surface area contributed by atoms with Crippen molar-refractivity contribution in [3.8, 4) is 0 Å². The van der Waals surface area contributed by atoms with Crippen LogP contribution in [0.5, 0.6) is 0 Å². The van der Waals surface area contributed by atoms with E-state index < -0.39 is 10.9 Å². The summed E-state index contributed by atoms with van der Waals surface area (Å²) in [5.41, 5.74) is 0.820. The van der Waals surface area contributed by atoms with Crippen molar-refractivity contribution in [2.24, 2.45) is 0 Å². The number of carbonyl (C=O) groups is 1. The van der Waals surface area contributed by atoms with E-state index in [-0.39, 0.29) is 11.3 Å². The van der Waals surface area contributed by atoms with E-state index in [1.54, 1.807) is 6.07 Å². The first-order valence-electron chi connectivity index (χ1n) is 5.65. The fourth-order valence-electron chi connectivity index (χ4n) is 1.45. The monoisotopic (exact) mass is 315 g/mol. The highest BCUT2D eigenvalue weighted by atomic mass is 79.9. The van der Waals surface area contributed by atoms with Crippen LogP contribution in [0.4, 0.5) is 5.69 Å². The van der Waals surface area contributed by atoms with E-state index in [0.29, 0.717) is 29.5 Å². The molecule has 1 aromatic rings. The zero-order valence-corrected chi connectivity index (χ0v) is 11.8. The van der Waals surface area contributed by atoms with Crippen molar-refractivity contribution in [1.82, 2.24) is 0 Å². The number of hydrogen-bond donors (Lipinski definition) is 0. The van der Waals surface area contributed by atoms with Gasteiger partial charge in [-0.05, 0) is 40.4 Å². The van der Waals surface area contributed by atoms with Crippen LogP contribution in [0.2, 0.25) is 0 Å². The zero-order chi connectivity index (χ0) is 13.7. The number of ether oxygens (including phenoxy) is 1. The van der Waals surface area contributed by atoms with Crippen LogP contribution in [-0.2, 0) is 11.2 Å². The molecule has 98 valence electrons. The lowest BCUT2D eigenvalue weighted by Crippen LogP contribution is -2.07. The minimum Gasteiger partial charge on any atom is -0.462 e. The van der Waals surface area contributed by atoms with Gasteiger partial charge in [-0.25, -0.2) is 4.79 Å². The number of rotatable bonds is 5. The second-order valence-electron chi connectivity index (χ2n) is 3.72. The van der Waals surface area contributed by atoms with Crippen LogP contribution in [0.25, 0.3) is 0 Å². The molecule has 0 amide bonds. The van der Waals surface area contributed by atoms with Crippen molar-refractivity contribution in [1.29, 1.82) is 0 Å². The molecule has 0 aromatic heterocycles. The first kappa shape index (κ1) is 14.6. The molecule has 18 heavy (non-hydrogen) atoms. The fraction of sp³-hybridized carbons (Fsp3) is 0.417. The smallest absolute Gasteiger partial charge is 0.338 e. The lowest BCUT2D eigenvalue weighted by molar-refractivity contribution is -0.385. The van der Waals surface area contributed by atoms with Crippen molar-refractivity contribution < 1.29 is 14.5 Å². The first-order chi connectivity index (χ1) is 8.51. The molecule has 0 aliphatic carbocycles. The van der Waals surface area contributed by atoms with Crippen LogP contribution >= 0.6 is 15.9 Å². The molecule has 0 saturated heterocycles. The third-order valence-electron chi connectivity index (χ3n) is 2.38. The second-order valence-corrected chi connectivity index (χ2v) is 4.51. The standard InChI is InChI=1S/C12H14BrNO4/c1-3-5-18-12(15)9-6-8(4-2)11(13)10(7-9)14(16)17/h6-7H,3-5H2,1-2H3. The highest BCUT2D eigenvalue weighted by molar-refractivity contribution is 9.10. The predicted octanol–water partition coefficient (Wildman–Crippen LogP) is 3.49. The maximum absolute atomic E-state index is 11.7. The van der Waals surface area contributed by atoms with Gasteiger partial charge in [0.2, 0.25) is 0 Å². The Bertz CT molecular complexity index is 473. The summed E-state index contributed by atoms with van der Waals surface area (Å²) in [4.78, 5) is 22.1. The third kappa shape index (κ3) is 3.29. The van der Waals surface area contributed by atoms with Gasteiger partial charge < -0.3 is 4.74 Å². The van der Waals surface area contributed by atoms with Crippen molar-refractivity contribution in [3.05, 3.63) is 37.8 Å². The van der Waals surface area contributed by atoms with Gasteiger partial charge in [0.15, 0.2) is 0 Å². The van der Waals surface area contributed by atoms with Crippen LogP contribution in [0.15, 0.2) is 16.6 Å². The molecule has 0 spiro atoms. The summed E-state index contributed by atoms with van der Waals surface area (Å²) >= 11 is 3.18. The molecule has 0 fully saturated rings. The van der Waals surface area contributed by atoms with Crippen molar-refractivity contribution in [3.63, 3.8) is 0 Å². The van der Waals surface area contributed by atoms with Gasteiger partial charge >= 0.3 is 5.97 Å². The molecule has 0 saturated carbocycles. The number of carbonyl (C=O) groups excluding carboxylic acids is 1. The SMILES string of the molecule is CCCOC(=O)c1cc(CC)c(Br)c([N+](=O)[O-])c1. The molecular formula is C12H14BrNO4. The number of halogens is 1. The van der Waals surface area contributed by atoms with Crippen molar-refractivity contribution >= 4 is 27.6 Å². The van der Waals surface area contributed by atoms with Gasteiger partial charge in [-0.15, -0.1) is 0 Å². The van der Waals surface area contributed by atoms with E-state index in [1.165, 1.54) is 6.07 Å². The van der Waals surface area contributed by atoms with E-state index in [0.717, 1.165) is 0 Å². The van der Waals surface area contributed by atoms with E-state index in [2.05, 4.69) is 15.9 Å². The van der Waals surface area contributed by atoms with Gasteiger partial charge in [-0.3, -0.25) is 10.1 Å². The number of hydrogen-bond acceptors (Lipinski definition) is 4. The summed E-state index contributed by atoms with van der Waals surface area (Å²) in [6.07, 6.45) is 1.31. The number of nitro groups is 1. The average molecular weight is 316 g/mol. The highest BCUT2D eigenvalue weighted by Gasteiger charge is 2.20. The summed E-state index contributed by atoms with van der Waals surface area (Å²) in [7, 11) is 0. The molecule has 0 unspecified atom stereocenters. The van der Waals surface area contributed by atoms with Crippen LogP contribution in [0, 0.1) is 10.1 Å². The quantitative estimate of drug-likeness (QED) is 0.474. The minimum atomic E-state index is -0.526. The van der Waals surface area contributed by atoms with E-state index in [1.807, 2.05) is 13.8 Å². The van der Waals surface area contributed by atoms with Gasteiger partial charge in [-0.1, -0.05) is 13.8 Å². The topological polar surface area (TPSA) is 69.4 Å². The Hall–Kier alpha value is -1.43. The summed E-state index contributed by atoms with van der Waals surface area (Å²) in [5.74, 6) is -0.526. The van der Waals surface area contributed by atoms with Gasteiger partial charge in [0.25, 0.3) is 5.69 Å². The third-order valence-corrected chi connectivity index (χ3v) is 3.29. The molecule has 0 heterocycles. The van der Waals surface area contributed by atoms with E-state index in [9.17, 15) is 14.9 Å². The maximum atomic E-state index is 11.7. The molecule has 0 aliphatic heterocycles. The average Bonchev–Trinajstić information content (AvgIpc) is 2.35. The second kappa shape index (κ2) is 6.49. The summed E-state index contributed by atoms with van der Waals surface area (Å²) in [6, 6.07) is 2.86. The normalized spacial score (nSPS) is 10.2. The molecule has 1 aromatic carbocycles. The Labute approximate surface area is 113 Å². The number of benzene rings is 1. The first-order valence-corrected chi connectivity index (χ1v) is 6.44. The van der Waals surface area contributed by atoms with Crippen LogP contribution in [0.3, 0.4) is 0 Å². The predicted molar refractivity (Wildman–Crippen MR) is 70.7 cm³/mol. The van der Waals surface area contributed by atoms with Gasteiger partial charge in [0.1, 0.15) is 0 Å². The summed E-state index contributed by atoms with van der Waals surface area (Å²) < 4.78 is 5.39. The number of nitro benzene ring substituents is 1. The molecule has 0 radical (unpaired) electrons. The maximum Gasteiger partial charge on any atom is 0.338 e. The minimum absolute atomic E-state index is 0.113. The summed E-state index contributed by atoms with van der Waals surface area (Å²) in [6.45, 7) is 4.06. The lowest BCUT2D eigenvalue weighted by Gasteiger charge is -2.07. The van der Waals surface area contributed by atoms with Gasteiger partial charge in [-0.2, -0.15) is 0 Å². The largest absolute Gasteiger partial charge is 0.462 e. The van der Waals surface area contributed by atoms with Crippen molar-refractivity contribution in [2.75, 3.05) is 6.61 Å². The Morgan fingerprint density at radius 2 is 2.11 bits per heavy atom. The van der Waals surface area contributed by atoms with Crippen LogP contribution in [-0.4, -0.2) is 17.5 Å². The Morgan fingerprint density at radius 1 is 1.44 bits per heavy atom. The fourth-order valence-corrected chi connectivity index (χ4v) is 2.11. The zero-order valence-electron chi connectivity index (χ0n) is 10.2. The number of nitrogens with zero attached hydrogens (tertiary/aromatic N) is 1. The van der Waals surface area contributed by atoms with E-state index in [4.69, 9.17) is 4.74 Å².